The van der Waals surface area contributed by atoms with Crippen molar-refractivity contribution in [2.75, 3.05) is 37.7 Å². The number of allylic oxidation sites excluding steroid dienone is 2. The molecule has 2 aromatic heterocycles. The van der Waals surface area contributed by atoms with E-state index in [1.807, 2.05) is 33.2 Å². The molecule has 0 radical (unpaired) electrons. The second-order valence-corrected chi connectivity index (χ2v) is 8.97. The van der Waals surface area contributed by atoms with Gasteiger partial charge in [-0.1, -0.05) is 39.3 Å². The molecule has 7 heteroatoms. The van der Waals surface area contributed by atoms with Gasteiger partial charge < -0.3 is 14.5 Å². The van der Waals surface area contributed by atoms with Gasteiger partial charge in [-0.05, 0) is 69.6 Å². The lowest BCUT2D eigenvalue weighted by molar-refractivity contribution is 0.105. The molecule has 2 aromatic rings. The van der Waals surface area contributed by atoms with Crippen LogP contribution in [0, 0.1) is 19.8 Å². The van der Waals surface area contributed by atoms with Crippen LogP contribution >= 0.6 is 0 Å². The zero-order chi connectivity index (χ0) is 26.5. The van der Waals surface area contributed by atoms with Crippen molar-refractivity contribution in [3.63, 3.8) is 0 Å². The fraction of sp³-hybridized carbons (Fsp3) is 0.586. The lowest BCUT2D eigenvalue weighted by Gasteiger charge is -2.36. The summed E-state index contributed by atoms with van der Waals surface area (Å²) in [5.74, 6) is 1.66. The smallest absolute Gasteiger partial charge is 0.409 e. The summed E-state index contributed by atoms with van der Waals surface area (Å²) in [6, 6.07) is 2.19. The molecular weight excluding hydrogens is 450 g/mol. The van der Waals surface area contributed by atoms with Crippen molar-refractivity contribution in [2.45, 2.75) is 74.1 Å². The number of hydrogen-bond acceptors (Lipinski definition) is 6. The van der Waals surface area contributed by atoms with Crippen molar-refractivity contribution >= 4 is 17.5 Å². The molecule has 0 unspecified atom stereocenters. The van der Waals surface area contributed by atoms with Gasteiger partial charge in [0.1, 0.15) is 12.1 Å². The Hall–Kier alpha value is -2.96. The number of aromatic nitrogens is 3. The highest BCUT2D eigenvalue weighted by Crippen LogP contribution is 2.44. The molecule has 7 nitrogen and oxygen atoms in total. The van der Waals surface area contributed by atoms with E-state index in [4.69, 9.17) is 4.74 Å². The van der Waals surface area contributed by atoms with Crippen LogP contribution in [0.5, 0.6) is 0 Å². The minimum Gasteiger partial charge on any atom is -0.450 e. The first-order chi connectivity index (χ1) is 17.5. The van der Waals surface area contributed by atoms with Gasteiger partial charge in [0.15, 0.2) is 0 Å². The Labute approximate surface area is 218 Å². The maximum absolute atomic E-state index is 11.9. The monoisotopic (exact) mass is 495 g/mol. The Balaban J connectivity index is 0.000000318. The van der Waals surface area contributed by atoms with E-state index < -0.39 is 0 Å². The van der Waals surface area contributed by atoms with Crippen LogP contribution in [-0.4, -0.2) is 58.7 Å². The van der Waals surface area contributed by atoms with Crippen molar-refractivity contribution < 1.29 is 9.53 Å². The molecule has 1 amide bonds. The highest BCUT2D eigenvalue weighted by atomic mass is 16.6. The Morgan fingerprint density at radius 1 is 1.08 bits per heavy atom. The first-order valence-electron chi connectivity index (χ1n) is 13.5. The van der Waals surface area contributed by atoms with Crippen molar-refractivity contribution in [1.82, 2.24) is 19.9 Å². The summed E-state index contributed by atoms with van der Waals surface area (Å²) < 4.78 is 5.09. The summed E-state index contributed by atoms with van der Waals surface area (Å²) in [6.07, 6.45) is 12.3. The standard InChI is InChI=1S/C18H26N4O2.C9H13N.C2H6/c1-4-15(14-6-7-14)16-13(3)19-12-20-17(16)21-8-10-22(11-9-21)18(23)24-5-2;1-3-4-9-5-8(2)6-10-7-9;1-2/h4,12,14H,5-11H2,1-3H3;5-7H,3-4H2,1-2H3;1-2H3/b15-4-;;. The quantitative estimate of drug-likeness (QED) is 0.472. The minimum absolute atomic E-state index is 0.219. The fourth-order valence-corrected chi connectivity index (χ4v) is 4.38. The van der Waals surface area contributed by atoms with E-state index in [2.05, 4.69) is 59.7 Å². The van der Waals surface area contributed by atoms with Crippen LogP contribution < -0.4 is 4.90 Å². The van der Waals surface area contributed by atoms with Crippen LogP contribution in [-0.2, 0) is 11.2 Å². The van der Waals surface area contributed by atoms with Crippen LogP contribution in [0.1, 0.15) is 76.3 Å². The van der Waals surface area contributed by atoms with Gasteiger partial charge in [-0.25, -0.2) is 14.8 Å². The third-order valence-electron chi connectivity index (χ3n) is 6.21. The Morgan fingerprint density at radius 2 is 1.78 bits per heavy atom. The fourth-order valence-electron chi connectivity index (χ4n) is 4.38. The number of pyridine rings is 1. The number of hydrogen-bond donors (Lipinski definition) is 0. The van der Waals surface area contributed by atoms with Crippen LogP contribution in [0.25, 0.3) is 5.57 Å². The molecule has 36 heavy (non-hydrogen) atoms. The molecule has 2 fully saturated rings. The van der Waals surface area contributed by atoms with Crippen molar-refractivity contribution in [3.05, 3.63) is 53.2 Å². The second-order valence-electron chi connectivity index (χ2n) is 8.97. The molecule has 1 saturated heterocycles. The van der Waals surface area contributed by atoms with Crippen molar-refractivity contribution in [1.29, 1.82) is 0 Å². The summed E-state index contributed by atoms with van der Waals surface area (Å²) in [5.41, 5.74) is 6.20. The third-order valence-corrected chi connectivity index (χ3v) is 6.21. The highest BCUT2D eigenvalue weighted by molar-refractivity contribution is 5.78. The molecule has 1 aliphatic heterocycles. The van der Waals surface area contributed by atoms with Crippen LogP contribution in [0.4, 0.5) is 10.6 Å². The largest absolute Gasteiger partial charge is 0.450 e. The highest BCUT2D eigenvalue weighted by Gasteiger charge is 2.31. The first-order valence-corrected chi connectivity index (χ1v) is 13.5. The van der Waals surface area contributed by atoms with Gasteiger partial charge in [-0.15, -0.1) is 0 Å². The van der Waals surface area contributed by atoms with Gasteiger partial charge >= 0.3 is 6.09 Å². The van der Waals surface area contributed by atoms with E-state index in [1.54, 1.807) is 11.2 Å². The number of carbonyl (C=O) groups excluding carboxylic acids is 1. The summed E-state index contributed by atoms with van der Waals surface area (Å²) in [4.78, 5) is 29.0. The molecule has 0 aromatic carbocycles. The molecule has 0 spiro atoms. The molecule has 2 aliphatic rings. The number of amides is 1. The Kier molecular flexibility index (Phi) is 12.4. The SMILES string of the molecule is C/C=C(\c1c(C)ncnc1N1CCN(C(=O)OCC)CC1)C1CC1.CC.CCCc1cncc(C)c1. The minimum atomic E-state index is -0.219. The number of nitrogens with zero attached hydrogens (tertiary/aromatic N) is 5. The van der Waals surface area contributed by atoms with E-state index >= 15 is 0 Å². The van der Waals surface area contributed by atoms with Gasteiger partial charge in [0, 0.05) is 44.1 Å². The van der Waals surface area contributed by atoms with Gasteiger partial charge in [0.25, 0.3) is 0 Å². The number of rotatable bonds is 6. The number of anilines is 1. The van der Waals surface area contributed by atoms with E-state index in [9.17, 15) is 4.79 Å². The van der Waals surface area contributed by atoms with E-state index in [0.717, 1.165) is 31.0 Å². The maximum atomic E-state index is 11.9. The molecule has 0 bridgehead atoms. The summed E-state index contributed by atoms with van der Waals surface area (Å²) >= 11 is 0. The van der Waals surface area contributed by atoms with Crippen LogP contribution in [0.3, 0.4) is 0 Å². The van der Waals surface area contributed by atoms with E-state index in [-0.39, 0.29) is 6.09 Å². The topological polar surface area (TPSA) is 71.5 Å². The average molecular weight is 496 g/mol. The third kappa shape index (κ3) is 8.32. The van der Waals surface area contributed by atoms with Gasteiger partial charge in [0.2, 0.25) is 0 Å². The van der Waals surface area contributed by atoms with Gasteiger partial charge in [-0.3, -0.25) is 4.98 Å². The molecule has 198 valence electrons. The first kappa shape index (κ1) is 29.3. The molecule has 0 N–H and O–H groups in total. The molecule has 1 saturated carbocycles. The number of carbonyl (C=O) groups is 1. The predicted octanol–water partition coefficient (Wildman–Crippen LogP) is 6.25. The molecule has 0 atom stereocenters. The number of ether oxygens (including phenoxy) is 1. The lowest BCUT2D eigenvalue weighted by Crippen LogP contribution is -2.49. The van der Waals surface area contributed by atoms with Gasteiger partial charge in [0.05, 0.1) is 12.3 Å². The second kappa shape index (κ2) is 15.2. The van der Waals surface area contributed by atoms with Gasteiger partial charge in [-0.2, -0.15) is 0 Å². The zero-order valence-corrected chi connectivity index (χ0v) is 23.4. The predicted molar refractivity (Wildman–Crippen MR) is 148 cm³/mol. The van der Waals surface area contributed by atoms with E-state index in [1.165, 1.54) is 41.5 Å². The Bertz CT molecular complexity index is 979. The number of aryl methyl sites for hydroxylation is 3. The van der Waals surface area contributed by atoms with E-state index in [0.29, 0.717) is 25.6 Å². The molecule has 3 heterocycles. The molecule has 1 aliphatic carbocycles. The van der Waals surface area contributed by atoms with Crippen LogP contribution in [0.2, 0.25) is 0 Å². The molecular formula is C29H45N5O2. The lowest BCUT2D eigenvalue weighted by atomic mass is 9.99. The Morgan fingerprint density at radius 3 is 2.33 bits per heavy atom. The summed E-state index contributed by atoms with van der Waals surface area (Å²) in [6.45, 7) is 17.5. The maximum Gasteiger partial charge on any atom is 0.409 e. The van der Waals surface area contributed by atoms with Crippen molar-refractivity contribution in [3.8, 4) is 0 Å². The normalized spacial score (nSPS) is 15.4. The summed E-state index contributed by atoms with van der Waals surface area (Å²) in [7, 11) is 0. The van der Waals surface area contributed by atoms with Crippen LogP contribution in [0.15, 0.2) is 30.9 Å². The molecule has 4 rings (SSSR count). The average Bonchev–Trinajstić information content (AvgIpc) is 3.73. The zero-order valence-electron chi connectivity index (χ0n) is 23.4. The summed E-state index contributed by atoms with van der Waals surface area (Å²) in [5, 5.41) is 0. The number of piperazine rings is 1. The van der Waals surface area contributed by atoms with Crippen molar-refractivity contribution in [2.24, 2.45) is 5.92 Å².